The molecule has 0 spiro atoms. The van der Waals surface area contributed by atoms with E-state index >= 15 is 0 Å². The number of carbonyl (C=O) groups is 1. The van der Waals surface area contributed by atoms with E-state index in [2.05, 4.69) is 10.4 Å². The summed E-state index contributed by atoms with van der Waals surface area (Å²) in [6.45, 7) is 1.40. The van der Waals surface area contributed by atoms with Crippen LogP contribution < -0.4 is 5.32 Å². The summed E-state index contributed by atoms with van der Waals surface area (Å²) in [7, 11) is 0. The Hall–Kier alpha value is -3.14. The van der Waals surface area contributed by atoms with Crippen molar-refractivity contribution in [3.05, 3.63) is 90.3 Å². The van der Waals surface area contributed by atoms with Gasteiger partial charge in [-0.25, -0.2) is 0 Å². The number of nitrogens with one attached hydrogen (secondary N) is 1. The highest BCUT2D eigenvalue weighted by atomic mass is 16.1. The standard InChI is InChI=1S/C21H21N3O/c25-21(22-13-7-15-24-16-8-14-23-24)20(19-11-5-2-6-12-19)17-18-9-3-1-4-10-18/h1-6,8-12,14,16-17H,7,13,15H2,(H,22,25)/b20-17-. The normalized spacial score (nSPS) is 11.3. The second-order valence-corrected chi connectivity index (χ2v) is 5.71. The highest BCUT2D eigenvalue weighted by Gasteiger charge is 2.11. The number of nitrogens with zero attached hydrogens (tertiary/aromatic N) is 2. The maximum absolute atomic E-state index is 12.7. The van der Waals surface area contributed by atoms with Gasteiger partial charge in [0.1, 0.15) is 0 Å². The van der Waals surface area contributed by atoms with Gasteiger partial charge in [0.05, 0.1) is 0 Å². The molecule has 0 aliphatic rings. The zero-order valence-electron chi connectivity index (χ0n) is 14.0. The van der Waals surface area contributed by atoms with Gasteiger partial charge in [0.2, 0.25) is 0 Å². The second kappa shape index (κ2) is 8.64. The van der Waals surface area contributed by atoms with E-state index in [0.717, 1.165) is 24.1 Å². The van der Waals surface area contributed by atoms with E-state index in [-0.39, 0.29) is 5.91 Å². The fourth-order valence-electron chi connectivity index (χ4n) is 2.58. The predicted molar refractivity (Wildman–Crippen MR) is 101 cm³/mol. The molecule has 3 rings (SSSR count). The van der Waals surface area contributed by atoms with Gasteiger partial charge in [-0.15, -0.1) is 0 Å². The molecule has 4 heteroatoms. The Morgan fingerprint density at radius 2 is 1.72 bits per heavy atom. The largest absolute Gasteiger partial charge is 0.352 e. The molecule has 126 valence electrons. The molecule has 0 aliphatic heterocycles. The molecule has 0 unspecified atom stereocenters. The number of hydrogen-bond donors (Lipinski definition) is 1. The lowest BCUT2D eigenvalue weighted by molar-refractivity contribution is -0.115. The summed E-state index contributed by atoms with van der Waals surface area (Å²) in [4.78, 5) is 12.7. The van der Waals surface area contributed by atoms with E-state index in [9.17, 15) is 4.79 Å². The fraction of sp³-hybridized carbons (Fsp3) is 0.143. The summed E-state index contributed by atoms with van der Waals surface area (Å²) in [5, 5.41) is 7.18. The number of rotatable bonds is 7. The summed E-state index contributed by atoms with van der Waals surface area (Å²) in [6.07, 6.45) is 6.44. The van der Waals surface area contributed by atoms with Crippen LogP contribution >= 0.6 is 0 Å². The van der Waals surface area contributed by atoms with Crippen molar-refractivity contribution in [1.29, 1.82) is 0 Å². The van der Waals surface area contributed by atoms with Crippen LogP contribution in [0.1, 0.15) is 17.5 Å². The molecule has 0 saturated carbocycles. The number of carbonyl (C=O) groups excluding carboxylic acids is 1. The molecule has 0 bridgehead atoms. The van der Waals surface area contributed by atoms with Gasteiger partial charge in [0.15, 0.2) is 0 Å². The van der Waals surface area contributed by atoms with Crippen molar-refractivity contribution in [1.82, 2.24) is 15.1 Å². The number of amides is 1. The van der Waals surface area contributed by atoms with Gasteiger partial charge in [-0.1, -0.05) is 60.7 Å². The van der Waals surface area contributed by atoms with E-state index in [0.29, 0.717) is 12.1 Å². The van der Waals surface area contributed by atoms with Crippen molar-refractivity contribution < 1.29 is 4.79 Å². The highest BCUT2D eigenvalue weighted by Crippen LogP contribution is 2.18. The third kappa shape index (κ3) is 4.91. The lowest BCUT2D eigenvalue weighted by Gasteiger charge is -2.10. The number of aryl methyl sites for hydroxylation is 1. The molecule has 0 aliphatic carbocycles. The van der Waals surface area contributed by atoms with Crippen molar-refractivity contribution in [2.45, 2.75) is 13.0 Å². The summed E-state index contributed by atoms with van der Waals surface area (Å²) < 4.78 is 1.87. The zero-order valence-corrected chi connectivity index (χ0v) is 14.0. The molecule has 0 radical (unpaired) electrons. The molecular formula is C21H21N3O. The van der Waals surface area contributed by atoms with Gasteiger partial charge < -0.3 is 5.32 Å². The Labute approximate surface area is 147 Å². The van der Waals surface area contributed by atoms with Crippen molar-refractivity contribution in [3.8, 4) is 0 Å². The highest BCUT2D eigenvalue weighted by molar-refractivity contribution is 6.24. The van der Waals surface area contributed by atoms with Gasteiger partial charge >= 0.3 is 0 Å². The molecule has 25 heavy (non-hydrogen) atoms. The van der Waals surface area contributed by atoms with Crippen LogP contribution in [-0.2, 0) is 11.3 Å². The maximum Gasteiger partial charge on any atom is 0.251 e. The lowest BCUT2D eigenvalue weighted by Crippen LogP contribution is -2.26. The lowest BCUT2D eigenvalue weighted by atomic mass is 10.0. The number of aromatic nitrogens is 2. The van der Waals surface area contributed by atoms with Crippen LogP contribution in [0.25, 0.3) is 11.6 Å². The average molecular weight is 331 g/mol. The topological polar surface area (TPSA) is 46.9 Å². The van der Waals surface area contributed by atoms with E-state index in [4.69, 9.17) is 0 Å². The molecule has 1 N–H and O–H groups in total. The first kappa shape index (κ1) is 16.7. The smallest absolute Gasteiger partial charge is 0.251 e. The van der Waals surface area contributed by atoms with E-state index in [1.807, 2.05) is 83.7 Å². The molecule has 1 aromatic heterocycles. The van der Waals surface area contributed by atoms with Gasteiger partial charge in [0, 0.05) is 31.1 Å². The minimum Gasteiger partial charge on any atom is -0.352 e. The van der Waals surface area contributed by atoms with E-state index in [1.54, 1.807) is 6.20 Å². The van der Waals surface area contributed by atoms with E-state index < -0.39 is 0 Å². The van der Waals surface area contributed by atoms with Crippen molar-refractivity contribution in [2.75, 3.05) is 6.54 Å². The van der Waals surface area contributed by atoms with Crippen LogP contribution in [0, 0.1) is 0 Å². The molecular weight excluding hydrogens is 310 g/mol. The zero-order chi connectivity index (χ0) is 17.3. The molecule has 1 amide bonds. The fourth-order valence-corrected chi connectivity index (χ4v) is 2.58. The summed E-state index contributed by atoms with van der Waals surface area (Å²) in [5.74, 6) is -0.0597. The Kier molecular flexibility index (Phi) is 5.77. The summed E-state index contributed by atoms with van der Waals surface area (Å²) in [5.41, 5.74) is 2.59. The van der Waals surface area contributed by atoms with Crippen LogP contribution in [0.2, 0.25) is 0 Å². The first-order valence-corrected chi connectivity index (χ1v) is 8.41. The number of hydrogen-bond acceptors (Lipinski definition) is 2. The van der Waals surface area contributed by atoms with Crippen molar-refractivity contribution in [2.24, 2.45) is 0 Å². The van der Waals surface area contributed by atoms with Crippen LogP contribution in [0.15, 0.2) is 79.1 Å². The van der Waals surface area contributed by atoms with Crippen LogP contribution in [0.5, 0.6) is 0 Å². The summed E-state index contributed by atoms with van der Waals surface area (Å²) in [6, 6.07) is 21.5. The van der Waals surface area contributed by atoms with Gasteiger partial charge in [-0.3, -0.25) is 9.48 Å². The van der Waals surface area contributed by atoms with E-state index in [1.165, 1.54) is 0 Å². The first-order valence-electron chi connectivity index (χ1n) is 8.41. The van der Waals surface area contributed by atoms with Crippen LogP contribution in [0.3, 0.4) is 0 Å². The SMILES string of the molecule is O=C(NCCCn1cccn1)/C(=C\c1ccccc1)c1ccccc1. The monoisotopic (exact) mass is 331 g/mol. The van der Waals surface area contributed by atoms with Gasteiger partial charge in [-0.05, 0) is 29.7 Å². The quantitative estimate of drug-likeness (QED) is 0.408. The van der Waals surface area contributed by atoms with Gasteiger partial charge in [-0.2, -0.15) is 5.10 Å². The first-order chi connectivity index (χ1) is 12.3. The number of benzene rings is 2. The molecule has 1 heterocycles. The Balaban J connectivity index is 1.68. The van der Waals surface area contributed by atoms with Crippen molar-refractivity contribution >= 4 is 17.6 Å². The Bertz CT molecular complexity index is 809. The summed E-state index contributed by atoms with van der Waals surface area (Å²) >= 11 is 0. The maximum atomic E-state index is 12.7. The predicted octanol–water partition coefficient (Wildman–Crippen LogP) is 3.63. The van der Waals surface area contributed by atoms with Crippen LogP contribution in [-0.4, -0.2) is 22.2 Å². The molecule has 0 saturated heterocycles. The van der Waals surface area contributed by atoms with Crippen molar-refractivity contribution in [3.63, 3.8) is 0 Å². The molecule has 3 aromatic rings. The van der Waals surface area contributed by atoms with Crippen LogP contribution in [0.4, 0.5) is 0 Å². The third-order valence-electron chi connectivity index (χ3n) is 3.85. The third-order valence-corrected chi connectivity index (χ3v) is 3.85. The second-order valence-electron chi connectivity index (χ2n) is 5.71. The van der Waals surface area contributed by atoms with Gasteiger partial charge in [0.25, 0.3) is 5.91 Å². The average Bonchev–Trinajstić information content (AvgIpc) is 3.18. The minimum absolute atomic E-state index is 0.0597. The molecule has 0 atom stereocenters. The molecule has 2 aromatic carbocycles. The Morgan fingerprint density at radius 3 is 2.40 bits per heavy atom. The molecule has 0 fully saturated rings. The Morgan fingerprint density at radius 1 is 1.00 bits per heavy atom. The molecule has 4 nitrogen and oxygen atoms in total. The minimum atomic E-state index is -0.0597.